The second-order valence-electron chi connectivity index (χ2n) is 5.56. The molecule has 0 radical (unpaired) electrons. The molecule has 0 spiro atoms. The fraction of sp³-hybridized carbons (Fsp3) is 0.278. The topological polar surface area (TPSA) is 45.7 Å². The molecule has 154 valence electrons. The van der Waals surface area contributed by atoms with Crippen molar-refractivity contribution in [1.29, 1.82) is 0 Å². The molecule has 4 nitrogen and oxygen atoms in total. The second kappa shape index (κ2) is 11.0. The van der Waals surface area contributed by atoms with Crippen molar-refractivity contribution in [2.24, 2.45) is 4.99 Å². The van der Waals surface area contributed by atoms with Crippen molar-refractivity contribution < 1.29 is 26.7 Å². The zero-order chi connectivity index (χ0) is 20.0. The van der Waals surface area contributed by atoms with Gasteiger partial charge in [0, 0.05) is 19.2 Å². The summed E-state index contributed by atoms with van der Waals surface area (Å²) in [4.78, 5) is 3.94. The Morgan fingerprint density at radius 3 is 2.39 bits per heavy atom. The van der Waals surface area contributed by atoms with Crippen LogP contribution in [0.2, 0.25) is 0 Å². The minimum absolute atomic E-state index is 0. The molecule has 1 unspecified atom stereocenters. The first-order chi connectivity index (χ1) is 12.8. The van der Waals surface area contributed by atoms with E-state index in [4.69, 9.17) is 0 Å². The Labute approximate surface area is 176 Å². The van der Waals surface area contributed by atoms with Crippen LogP contribution in [0.4, 0.5) is 22.0 Å². The lowest BCUT2D eigenvalue weighted by atomic mass is 10.1. The van der Waals surface area contributed by atoms with Gasteiger partial charge in [0.2, 0.25) is 0 Å². The number of rotatable bonds is 6. The number of ether oxygens (including phenoxy) is 1. The van der Waals surface area contributed by atoms with Crippen molar-refractivity contribution in [2.45, 2.75) is 26.1 Å². The first-order valence-electron chi connectivity index (χ1n) is 7.96. The minimum atomic E-state index is -3.09. The van der Waals surface area contributed by atoms with Crippen molar-refractivity contribution >= 4 is 29.9 Å². The van der Waals surface area contributed by atoms with Gasteiger partial charge < -0.3 is 15.4 Å². The molecular weight excluding hydrogens is 496 g/mol. The largest absolute Gasteiger partial charge is 0.434 e. The molecule has 0 saturated carbocycles. The smallest absolute Gasteiger partial charge is 0.387 e. The van der Waals surface area contributed by atoms with E-state index in [-0.39, 0.29) is 47.8 Å². The van der Waals surface area contributed by atoms with E-state index in [1.165, 1.54) is 25.2 Å². The Morgan fingerprint density at radius 1 is 1.07 bits per heavy atom. The van der Waals surface area contributed by atoms with Crippen LogP contribution in [-0.4, -0.2) is 19.6 Å². The number of nitrogens with zero attached hydrogens (tertiary/aromatic N) is 1. The Morgan fingerprint density at radius 2 is 1.79 bits per heavy atom. The highest BCUT2D eigenvalue weighted by Crippen LogP contribution is 2.23. The number of hydrogen-bond donors (Lipinski definition) is 2. The van der Waals surface area contributed by atoms with Gasteiger partial charge in [-0.1, -0.05) is 12.1 Å². The number of halogens is 6. The van der Waals surface area contributed by atoms with Gasteiger partial charge in [-0.15, -0.1) is 24.0 Å². The quantitative estimate of drug-likeness (QED) is 0.253. The molecule has 0 fully saturated rings. The molecule has 0 aliphatic heterocycles. The average molecular weight is 515 g/mol. The highest BCUT2D eigenvalue weighted by atomic mass is 127. The first-order valence-corrected chi connectivity index (χ1v) is 7.96. The van der Waals surface area contributed by atoms with E-state index in [0.717, 1.165) is 18.2 Å². The maximum atomic E-state index is 14.0. The average Bonchev–Trinajstić information content (AvgIpc) is 2.61. The van der Waals surface area contributed by atoms with Gasteiger partial charge in [-0.05, 0) is 36.8 Å². The van der Waals surface area contributed by atoms with Crippen molar-refractivity contribution in [3.05, 3.63) is 65.0 Å². The van der Waals surface area contributed by atoms with Gasteiger partial charge in [0.1, 0.15) is 11.6 Å². The van der Waals surface area contributed by atoms with Crippen molar-refractivity contribution in [1.82, 2.24) is 10.6 Å². The molecule has 0 heterocycles. The Kier molecular flexibility index (Phi) is 9.42. The van der Waals surface area contributed by atoms with Crippen LogP contribution in [0.15, 0.2) is 41.4 Å². The molecular formula is C18H19F5IN3O. The summed E-state index contributed by atoms with van der Waals surface area (Å²) in [6.45, 7) is -1.58. The van der Waals surface area contributed by atoms with Crippen LogP contribution >= 0.6 is 24.0 Å². The standard InChI is InChI=1S/C18H18F5N3O.HI/c1-10(11-6-7-14(20)15(21)8-11)26-18(24-2)25-9-12-13(19)4-3-5-16(12)27-17(22)23;/h3-8,10,17H,9H2,1-2H3,(H2,24,25,26);1H. The first kappa shape index (κ1) is 23.9. The SMILES string of the molecule is CN=C(NCc1c(F)cccc1OC(F)F)NC(C)c1ccc(F)c(F)c1.I. The summed E-state index contributed by atoms with van der Waals surface area (Å²) in [7, 11) is 1.45. The van der Waals surface area contributed by atoms with Crippen molar-refractivity contribution in [2.75, 3.05) is 7.05 Å². The monoisotopic (exact) mass is 515 g/mol. The number of aliphatic imine (C=N–C) groups is 1. The van der Waals surface area contributed by atoms with Crippen LogP contribution in [0.5, 0.6) is 5.75 Å². The third-order valence-electron chi connectivity index (χ3n) is 3.75. The molecule has 2 N–H and O–H groups in total. The van der Waals surface area contributed by atoms with E-state index in [1.54, 1.807) is 6.92 Å². The zero-order valence-electron chi connectivity index (χ0n) is 15.0. The number of guanidine groups is 1. The molecule has 2 rings (SSSR count). The molecule has 0 bridgehead atoms. The molecule has 0 aromatic heterocycles. The third kappa shape index (κ3) is 6.50. The van der Waals surface area contributed by atoms with Gasteiger partial charge in [-0.2, -0.15) is 8.78 Å². The summed E-state index contributed by atoms with van der Waals surface area (Å²) in [5, 5.41) is 5.69. The Bertz CT molecular complexity index is 820. The Balaban J connectivity index is 0.00000392. The summed E-state index contributed by atoms with van der Waals surface area (Å²) in [6, 6.07) is 6.62. The fourth-order valence-electron chi connectivity index (χ4n) is 2.35. The maximum Gasteiger partial charge on any atom is 0.387 e. The molecule has 2 aromatic rings. The lowest BCUT2D eigenvalue weighted by Crippen LogP contribution is -2.38. The second-order valence-corrected chi connectivity index (χ2v) is 5.56. The van der Waals surface area contributed by atoms with Gasteiger partial charge in [0.25, 0.3) is 0 Å². The number of nitrogens with one attached hydrogen (secondary N) is 2. The number of benzene rings is 2. The van der Waals surface area contributed by atoms with Crippen LogP contribution in [0.25, 0.3) is 0 Å². The highest BCUT2D eigenvalue weighted by molar-refractivity contribution is 14.0. The molecule has 0 aliphatic rings. The van der Waals surface area contributed by atoms with Gasteiger partial charge in [-0.25, -0.2) is 13.2 Å². The molecule has 0 aliphatic carbocycles. The number of hydrogen-bond acceptors (Lipinski definition) is 2. The summed E-state index contributed by atoms with van der Waals surface area (Å²) in [5.41, 5.74) is 0.366. The van der Waals surface area contributed by atoms with Crippen LogP contribution in [0.3, 0.4) is 0 Å². The lowest BCUT2D eigenvalue weighted by molar-refractivity contribution is -0.0506. The number of alkyl halides is 2. The summed E-state index contributed by atoms with van der Waals surface area (Å²) in [5.74, 6) is -2.74. The van der Waals surface area contributed by atoms with E-state index in [9.17, 15) is 22.0 Å². The maximum absolute atomic E-state index is 14.0. The molecule has 1 atom stereocenters. The summed E-state index contributed by atoms with van der Waals surface area (Å²) < 4.78 is 69.6. The highest BCUT2D eigenvalue weighted by Gasteiger charge is 2.15. The van der Waals surface area contributed by atoms with Crippen molar-refractivity contribution in [3.63, 3.8) is 0 Å². The van der Waals surface area contributed by atoms with E-state index in [1.807, 2.05) is 0 Å². The van der Waals surface area contributed by atoms with E-state index >= 15 is 0 Å². The summed E-state index contributed by atoms with van der Waals surface area (Å²) in [6.07, 6.45) is 0. The van der Waals surface area contributed by atoms with Crippen LogP contribution in [0, 0.1) is 17.5 Å². The predicted molar refractivity (Wildman–Crippen MR) is 107 cm³/mol. The van der Waals surface area contributed by atoms with E-state index in [0.29, 0.717) is 5.56 Å². The Hall–Kier alpha value is -2.11. The minimum Gasteiger partial charge on any atom is -0.434 e. The van der Waals surface area contributed by atoms with Gasteiger partial charge in [0.15, 0.2) is 17.6 Å². The molecule has 2 aromatic carbocycles. The fourth-order valence-corrected chi connectivity index (χ4v) is 2.35. The third-order valence-corrected chi connectivity index (χ3v) is 3.75. The van der Waals surface area contributed by atoms with Gasteiger partial charge >= 0.3 is 6.61 Å². The van der Waals surface area contributed by atoms with Crippen LogP contribution in [-0.2, 0) is 6.54 Å². The zero-order valence-corrected chi connectivity index (χ0v) is 17.3. The molecule has 10 heteroatoms. The molecule has 28 heavy (non-hydrogen) atoms. The van der Waals surface area contributed by atoms with Crippen LogP contribution < -0.4 is 15.4 Å². The normalized spacial score (nSPS) is 12.4. The molecule has 0 amide bonds. The van der Waals surface area contributed by atoms with E-state index in [2.05, 4.69) is 20.4 Å². The summed E-state index contributed by atoms with van der Waals surface area (Å²) >= 11 is 0. The van der Waals surface area contributed by atoms with Gasteiger partial charge in [-0.3, -0.25) is 4.99 Å². The molecule has 0 saturated heterocycles. The van der Waals surface area contributed by atoms with E-state index < -0.39 is 30.1 Å². The van der Waals surface area contributed by atoms with Crippen molar-refractivity contribution in [3.8, 4) is 5.75 Å². The lowest BCUT2D eigenvalue weighted by Gasteiger charge is -2.19. The predicted octanol–water partition coefficient (Wildman–Crippen LogP) is 4.75. The van der Waals surface area contributed by atoms with Gasteiger partial charge in [0.05, 0.1) is 6.04 Å². The van der Waals surface area contributed by atoms with Crippen LogP contribution in [0.1, 0.15) is 24.1 Å².